The highest BCUT2D eigenvalue weighted by Crippen LogP contribution is 2.25. The van der Waals surface area contributed by atoms with Crippen LogP contribution in [0.25, 0.3) is 0 Å². The second-order valence-electron chi connectivity index (χ2n) is 7.10. The van der Waals surface area contributed by atoms with Crippen LogP contribution in [0, 0.1) is 5.92 Å². The number of carbonyl (C=O) groups is 1. The Morgan fingerprint density at radius 1 is 1.18 bits per heavy atom. The zero-order valence-electron chi connectivity index (χ0n) is 13.9. The van der Waals surface area contributed by atoms with E-state index in [1.807, 2.05) is 0 Å². The molecule has 5 heteroatoms. The van der Waals surface area contributed by atoms with E-state index >= 15 is 0 Å². The highest BCUT2D eigenvalue weighted by atomic mass is 35.5. The molecule has 1 aliphatic carbocycles. The Kier molecular flexibility index (Phi) is 6.97. The zero-order valence-corrected chi connectivity index (χ0v) is 14.7. The van der Waals surface area contributed by atoms with Gasteiger partial charge in [-0.1, -0.05) is 19.3 Å². The van der Waals surface area contributed by atoms with Crippen molar-refractivity contribution in [2.45, 2.75) is 64.0 Å². The maximum absolute atomic E-state index is 12.7. The van der Waals surface area contributed by atoms with Gasteiger partial charge in [-0.25, -0.2) is 0 Å². The van der Waals surface area contributed by atoms with Crippen molar-refractivity contribution in [3.05, 3.63) is 0 Å². The number of fused-ring (bicyclic) bond motifs is 1. The fraction of sp³-hybridized carbons (Fsp3) is 0.941. The van der Waals surface area contributed by atoms with Gasteiger partial charge < -0.3 is 10.2 Å². The molecular weight excluding hydrogens is 298 g/mol. The van der Waals surface area contributed by atoms with Crippen LogP contribution in [-0.2, 0) is 4.79 Å². The minimum absolute atomic E-state index is 0. The van der Waals surface area contributed by atoms with E-state index in [1.165, 1.54) is 51.5 Å². The third kappa shape index (κ3) is 4.15. The van der Waals surface area contributed by atoms with Gasteiger partial charge in [-0.2, -0.15) is 0 Å². The minimum Gasteiger partial charge on any atom is -0.339 e. The highest BCUT2D eigenvalue weighted by molar-refractivity contribution is 5.85. The van der Waals surface area contributed by atoms with Crippen molar-refractivity contribution < 1.29 is 4.79 Å². The third-order valence-electron chi connectivity index (χ3n) is 5.78. The third-order valence-corrected chi connectivity index (χ3v) is 5.78. The molecule has 2 saturated heterocycles. The number of amides is 1. The van der Waals surface area contributed by atoms with Crippen molar-refractivity contribution in [3.63, 3.8) is 0 Å². The molecule has 2 aliphatic heterocycles. The highest BCUT2D eigenvalue weighted by Gasteiger charge is 2.34. The van der Waals surface area contributed by atoms with Crippen molar-refractivity contribution in [3.8, 4) is 0 Å². The molecule has 0 spiro atoms. The Bertz CT molecular complexity index is 360. The van der Waals surface area contributed by atoms with Crippen LogP contribution in [0.1, 0.15) is 51.9 Å². The van der Waals surface area contributed by atoms with Crippen molar-refractivity contribution in [2.24, 2.45) is 5.92 Å². The molecule has 0 aromatic heterocycles. The number of carbonyl (C=O) groups excluding carboxylic acids is 1. The molecule has 1 amide bonds. The molecule has 128 valence electrons. The van der Waals surface area contributed by atoms with Gasteiger partial charge in [-0.15, -0.1) is 12.4 Å². The van der Waals surface area contributed by atoms with Crippen molar-refractivity contribution >= 4 is 18.3 Å². The van der Waals surface area contributed by atoms with Gasteiger partial charge >= 0.3 is 0 Å². The first-order valence-electron chi connectivity index (χ1n) is 9.03. The molecule has 3 rings (SSSR count). The normalized spacial score (nSPS) is 29.7. The van der Waals surface area contributed by atoms with Gasteiger partial charge in [0.2, 0.25) is 5.91 Å². The summed E-state index contributed by atoms with van der Waals surface area (Å²) in [5.41, 5.74) is 0. The lowest BCUT2D eigenvalue weighted by Crippen LogP contribution is -2.50. The van der Waals surface area contributed by atoms with Crippen LogP contribution in [0.3, 0.4) is 0 Å². The molecule has 22 heavy (non-hydrogen) atoms. The lowest BCUT2D eigenvalue weighted by Gasteiger charge is -2.38. The average Bonchev–Trinajstić information content (AvgIpc) is 2.96. The molecule has 1 N–H and O–H groups in total. The van der Waals surface area contributed by atoms with E-state index in [9.17, 15) is 4.79 Å². The number of hydrogen-bond acceptors (Lipinski definition) is 3. The summed E-state index contributed by atoms with van der Waals surface area (Å²) in [7, 11) is 0. The average molecular weight is 330 g/mol. The van der Waals surface area contributed by atoms with Crippen molar-refractivity contribution in [2.75, 3.05) is 32.7 Å². The first kappa shape index (κ1) is 18.0. The predicted octanol–water partition coefficient (Wildman–Crippen LogP) is 2.27. The smallest absolute Gasteiger partial charge is 0.236 e. The van der Waals surface area contributed by atoms with Gasteiger partial charge in [0.1, 0.15) is 0 Å². The van der Waals surface area contributed by atoms with E-state index in [4.69, 9.17) is 0 Å². The number of hydrogen-bond donors (Lipinski definition) is 1. The fourth-order valence-corrected chi connectivity index (χ4v) is 4.58. The molecule has 0 radical (unpaired) electrons. The molecule has 0 aromatic carbocycles. The topological polar surface area (TPSA) is 35.6 Å². The van der Waals surface area contributed by atoms with E-state index in [1.54, 1.807) is 0 Å². The molecular formula is C17H32ClN3O. The monoisotopic (exact) mass is 329 g/mol. The van der Waals surface area contributed by atoms with Crippen LogP contribution in [0.2, 0.25) is 0 Å². The molecule has 2 unspecified atom stereocenters. The molecule has 2 atom stereocenters. The zero-order chi connectivity index (χ0) is 14.7. The van der Waals surface area contributed by atoms with Crippen LogP contribution >= 0.6 is 12.4 Å². The summed E-state index contributed by atoms with van der Waals surface area (Å²) in [6.45, 7) is 7.03. The van der Waals surface area contributed by atoms with Gasteiger partial charge in [0, 0.05) is 31.7 Å². The first-order valence-corrected chi connectivity index (χ1v) is 9.03. The summed E-state index contributed by atoms with van der Waals surface area (Å²) in [6.07, 6.45) is 8.89. The predicted molar refractivity (Wildman–Crippen MR) is 92.5 cm³/mol. The Morgan fingerprint density at radius 3 is 2.68 bits per heavy atom. The summed E-state index contributed by atoms with van der Waals surface area (Å²) in [5, 5.41) is 3.60. The van der Waals surface area contributed by atoms with E-state index < -0.39 is 0 Å². The molecule has 4 nitrogen and oxygen atoms in total. The van der Waals surface area contributed by atoms with Crippen LogP contribution in [0.15, 0.2) is 0 Å². The SMILES string of the molecule is CCN(C(=O)CN1CCC2NCCC2C1)C1CCCCC1.Cl. The number of rotatable bonds is 4. The van der Waals surface area contributed by atoms with Crippen molar-refractivity contribution in [1.82, 2.24) is 15.1 Å². The molecule has 1 saturated carbocycles. The van der Waals surface area contributed by atoms with Crippen LogP contribution < -0.4 is 5.32 Å². The Morgan fingerprint density at radius 2 is 1.95 bits per heavy atom. The lowest BCUT2D eigenvalue weighted by atomic mass is 9.93. The van der Waals surface area contributed by atoms with Gasteiger partial charge in [0.15, 0.2) is 0 Å². The summed E-state index contributed by atoms with van der Waals surface area (Å²) in [6, 6.07) is 1.24. The molecule has 3 fully saturated rings. The number of likely N-dealkylation sites (N-methyl/N-ethyl adjacent to an activating group) is 1. The number of likely N-dealkylation sites (tertiary alicyclic amines) is 1. The molecule has 0 aromatic rings. The minimum atomic E-state index is 0. The van der Waals surface area contributed by atoms with Gasteiger partial charge in [-0.3, -0.25) is 9.69 Å². The quantitative estimate of drug-likeness (QED) is 0.859. The van der Waals surface area contributed by atoms with Crippen molar-refractivity contribution in [1.29, 1.82) is 0 Å². The van der Waals surface area contributed by atoms with E-state index in [2.05, 4.69) is 22.0 Å². The summed E-state index contributed by atoms with van der Waals surface area (Å²) in [5.74, 6) is 1.14. The molecule has 0 bridgehead atoms. The maximum atomic E-state index is 12.7. The number of nitrogens with one attached hydrogen (secondary N) is 1. The standard InChI is InChI=1S/C17H31N3O.ClH/c1-2-20(15-6-4-3-5-7-15)17(21)13-19-11-9-16-14(12-19)8-10-18-16;/h14-16,18H,2-13H2,1H3;1H. The van der Waals surface area contributed by atoms with Gasteiger partial charge in [-0.05, 0) is 45.1 Å². The van der Waals surface area contributed by atoms with E-state index in [0.29, 0.717) is 18.5 Å². The number of halogens is 1. The Balaban J connectivity index is 0.00000176. The summed E-state index contributed by atoms with van der Waals surface area (Å²) < 4.78 is 0. The van der Waals surface area contributed by atoms with E-state index in [0.717, 1.165) is 31.6 Å². The Labute approximate surface area is 141 Å². The second-order valence-corrected chi connectivity index (χ2v) is 7.10. The largest absolute Gasteiger partial charge is 0.339 e. The van der Waals surface area contributed by atoms with Crippen LogP contribution in [0.4, 0.5) is 0 Å². The van der Waals surface area contributed by atoms with Gasteiger partial charge in [0.05, 0.1) is 6.54 Å². The summed E-state index contributed by atoms with van der Waals surface area (Å²) >= 11 is 0. The summed E-state index contributed by atoms with van der Waals surface area (Å²) in [4.78, 5) is 17.3. The first-order chi connectivity index (χ1) is 10.3. The van der Waals surface area contributed by atoms with Gasteiger partial charge in [0.25, 0.3) is 0 Å². The Hall–Kier alpha value is -0.320. The molecule has 3 aliphatic rings. The maximum Gasteiger partial charge on any atom is 0.236 e. The second kappa shape index (κ2) is 8.51. The lowest BCUT2D eigenvalue weighted by molar-refractivity contribution is -0.135. The number of piperidine rings is 1. The van der Waals surface area contributed by atoms with Crippen LogP contribution in [0.5, 0.6) is 0 Å². The van der Waals surface area contributed by atoms with Crippen LogP contribution in [-0.4, -0.2) is 60.5 Å². The van der Waals surface area contributed by atoms with E-state index in [-0.39, 0.29) is 12.4 Å². The number of nitrogens with zero attached hydrogens (tertiary/aromatic N) is 2. The fourth-order valence-electron chi connectivity index (χ4n) is 4.58. The molecule has 2 heterocycles.